The van der Waals surface area contributed by atoms with Gasteiger partial charge in [0.1, 0.15) is 0 Å². The number of aromatic nitrogens is 2. The molecule has 1 aromatic heterocycles. The lowest BCUT2D eigenvalue weighted by atomic mass is 10.0. The Morgan fingerprint density at radius 3 is 3.11 bits per heavy atom. The number of nitrogens with zero attached hydrogens (tertiary/aromatic N) is 2. The first-order valence-electron chi connectivity index (χ1n) is 6.06. The van der Waals surface area contributed by atoms with Gasteiger partial charge in [-0.2, -0.15) is 0 Å². The fraction of sp³-hybridized carbons (Fsp3) is 0.667. The Morgan fingerprint density at radius 1 is 1.72 bits per heavy atom. The summed E-state index contributed by atoms with van der Waals surface area (Å²) in [6, 6.07) is 0. The molecule has 2 rings (SSSR count). The molecule has 5 nitrogen and oxygen atoms in total. The fourth-order valence-corrected chi connectivity index (χ4v) is 2.91. The summed E-state index contributed by atoms with van der Waals surface area (Å²) < 4.78 is 7.66. The Morgan fingerprint density at radius 2 is 2.50 bits per heavy atom. The molecule has 1 N–H and O–H groups in total. The molecule has 2 heterocycles. The van der Waals surface area contributed by atoms with E-state index in [1.54, 1.807) is 6.20 Å². The molecule has 0 bridgehead atoms. The van der Waals surface area contributed by atoms with Crippen molar-refractivity contribution in [2.75, 3.05) is 12.4 Å². The summed E-state index contributed by atoms with van der Waals surface area (Å²) >= 11 is 1.27. The largest absolute Gasteiger partial charge is 0.481 e. The molecule has 1 aromatic rings. The standard InChI is InChI=1S/C12H18N2O3S/c1-8-5-13-12(18-7-11(15)16)14(8)6-10-3-4-17-9(10)2/h5,9-10H,3-4,6-7H2,1-2H3,(H,15,16). The van der Waals surface area contributed by atoms with Crippen molar-refractivity contribution in [3.8, 4) is 0 Å². The molecular weight excluding hydrogens is 252 g/mol. The van der Waals surface area contributed by atoms with Crippen LogP contribution in [0.15, 0.2) is 11.4 Å². The van der Waals surface area contributed by atoms with Crippen LogP contribution in [0.5, 0.6) is 0 Å². The van der Waals surface area contributed by atoms with Crippen molar-refractivity contribution in [2.24, 2.45) is 5.92 Å². The molecule has 0 radical (unpaired) electrons. The van der Waals surface area contributed by atoms with Gasteiger partial charge in [-0.25, -0.2) is 4.98 Å². The van der Waals surface area contributed by atoms with Crippen molar-refractivity contribution in [2.45, 2.75) is 38.1 Å². The van der Waals surface area contributed by atoms with Gasteiger partial charge >= 0.3 is 5.97 Å². The van der Waals surface area contributed by atoms with E-state index in [-0.39, 0.29) is 11.9 Å². The van der Waals surface area contributed by atoms with Crippen molar-refractivity contribution in [3.05, 3.63) is 11.9 Å². The molecule has 2 unspecified atom stereocenters. The number of carbonyl (C=O) groups is 1. The first-order chi connectivity index (χ1) is 8.58. The number of hydrogen-bond acceptors (Lipinski definition) is 4. The van der Waals surface area contributed by atoms with Crippen LogP contribution in [0, 0.1) is 12.8 Å². The van der Waals surface area contributed by atoms with E-state index >= 15 is 0 Å². The SMILES string of the molecule is Cc1cnc(SCC(=O)O)n1CC1CCOC1C. The van der Waals surface area contributed by atoms with Crippen LogP contribution in [-0.2, 0) is 16.1 Å². The lowest BCUT2D eigenvalue weighted by Gasteiger charge is -2.17. The minimum Gasteiger partial charge on any atom is -0.481 e. The van der Waals surface area contributed by atoms with Crippen LogP contribution in [0.25, 0.3) is 0 Å². The predicted octanol–water partition coefficient (Wildman–Crippen LogP) is 1.79. The Labute approximate surface area is 111 Å². The highest BCUT2D eigenvalue weighted by atomic mass is 32.2. The number of aliphatic carboxylic acids is 1. The molecule has 0 aromatic carbocycles. The van der Waals surface area contributed by atoms with E-state index in [0.29, 0.717) is 5.92 Å². The quantitative estimate of drug-likeness (QED) is 0.826. The minimum absolute atomic E-state index is 0.0488. The topological polar surface area (TPSA) is 64.3 Å². The van der Waals surface area contributed by atoms with E-state index in [2.05, 4.69) is 16.5 Å². The van der Waals surface area contributed by atoms with Crippen LogP contribution < -0.4 is 0 Å². The molecule has 6 heteroatoms. The average molecular weight is 270 g/mol. The maximum atomic E-state index is 10.6. The second-order valence-corrected chi connectivity index (χ2v) is 5.54. The summed E-state index contributed by atoms with van der Waals surface area (Å²) in [7, 11) is 0. The number of ether oxygens (including phenoxy) is 1. The number of carboxylic acids is 1. The van der Waals surface area contributed by atoms with E-state index < -0.39 is 5.97 Å². The van der Waals surface area contributed by atoms with Crippen molar-refractivity contribution >= 4 is 17.7 Å². The van der Waals surface area contributed by atoms with E-state index in [4.69, 9.17) is 9.84 Å². The van der Waals surface area contributed by atoms with Crippen LogP contribution in [0.2, 0.25) is 0 Å². The molecule has 0 aliphatic carbocycles. The number of hydrogen-bond donors (Lipinski definition) is 1. The molecule has 1 aliphatic heterocycles. The number of thioether (sulfide) groups is 1. The van der Waals surface area contributed by atoms with Crippen LogP contribution in [0.3, 0.4) is 0 Å². The predicted molar refractivity (Wildman–Crippen MR) is 68.8 cm³/mol. The van der Waals surface area contributed by atoms with Gasteiger partial charge in [0.25, 0.3) is 0 Å². The summed E-state index contributed by atoms with van der Waals surface area (Å²) in [4.78, 5) is 14.9. The van der Waals surface area contributed by atoms with E-state index in [1.165, 1.54) is 11.8 Å². The van der Waals surface area contributed by atoms with Gasteiger partial charge in [0.05, 0.1) is 11.9 Å². The third kappa shape index (κ3) is 3.05. The minimum atomic E-state index is -0.815. The highest BCUT2D eigenvalue weighted by Crippen LogP contribution is 2.26. The zero-order chi connectivity index (χ0) is 13.1. The summed E-state index contributed by atoms with van der Waals surface area (Å²) in [5, 5.41) is 9.51. The second-order valence-electron chi connectivity index (χ2n) is 4.60. The number of aryl methyl sites for hydroxylation is 1. The normalized spacial score (nSPS) is 23.4. The van der Waals surface area contributed by atoms with Crippen LogP contribution in [0.4, 0.5) is 0 Å². The second kappa shape index (κ2) is 5.75. The van der Waals surface area contributed by atoms with Gasteiger partial charge in [-0.1, -0.05) is 11.8 Å². The number of rotatable bonds is 5. The smallest absolute Gasteiger partial charge is 0.313 e. The van der Waals surface area contributed by atoms with Gasteiger partial charge in [-0.3, -0.25) is 4.79 Å². The third-order valence-corrected chi connectivity index (χ3v) is 4.27. The Kier molecular flexibility index (Phi) is 4.29. The van der Waals surface area contributed by atoms with Gasteiger partial charge < -0.3 is 14.4 Å². The lowest BCUT2D eigenvalue weighted by Crippen LogP contribution is -2.19. The monoisotopic (exact) mass is 270 g/mol. The highest BCUT2D eigenvalue weighted by molar-refractivity contribution is 7.99. The summed E-state index contributed by atoms with van der Waals surface area (Å²) in [5.74, 6) is -0.278. The van der Waals surface area contributed by atoms with E-state index in [0.717, 1.165) is 30.4 Å². The van der Waals surface area contributed by atoms with Gasteiger partial charge in [-0.05, 0) is 20.3 Å². The molecule has 100 valence electrons. The van der Waals surface area contributed by atoms with Crippen molar-refractivity contribution < 1.29 is 14.6 Å². The lowest BCUT2D eigenvalue weighted by molar-refractivity contribution is -0.133. The molecule has 2 atom stereocenters. The number of imidazole rings is 1. The maximum Gasteiger partial charge on any atom is 0.313 e. The highest BCUT2D eigenvalue weighted by Gasteiger charge is 2.25. The van der Waals surface area contributed by atoms with Crippen molar-refractivity contribution in [1.29, 1.82) is 0 Å². The van der Waals surface area contributed by atoms with Gasteiger partial charge in [0, 0.05) is 31.0 Å². The molecule has 1 saturated heterocycles. The molecular formula is C12H18N2O3S. The maximum absolute atomic E-state index is 10.6. The molecule has 0 amide bonds. The molecule has 1 fully saturated rings. The Hall–Kier alpha value is -1.01. The molecule has 18 heavy (non-hydrogen) atoms. The van der Waals surface area contributed by atoms with Gasteiger partial charge in [0.2, 0.25) is 0 Å². The van der Waals surface area contributed by atoms with Crippen LogP contribution >= 0.6 is 11.8 Å². The van der Waals surface area contributed by atoms with Crippen molar-refractivity contribution in [3.63, 3.8) is 0 Å². The van der Waals surface area contributed by atoms with Gasteiger partial charge in [-0.15, -0.1) is 0 Å². The fourth-order valence-electron chi connectivity index (χ4n) is 2.15. The van der Waals surface area contributed by atoms with Gasteiger partial charge in [0.15, 0.2) is 5.16 Å². The Balaban J connectivity index is 2.06. The van der Waals surface area contributed by atoms with Crippen LogP contribution in [-0.4, -0.2) is 39.1 Å². The van der Waals surface area contributed by atoms with Crippen molar-refractivity contribution in [1.82, 2.24) is 9.55 Å². The third-order valence-electron chi connectivity index (χ3n) is 3.29. The first-order valence-corrected chi connectivity index (χ1v) is 7.05. The average Bonchev–Trinajstić information content (AvgIpc) is 2.86. The molecule has 1 aliphatic rings. The molecule has 0 spiro atoms. The first kappa shape index (κ1) is 13.4. The summed E-state index contributed by atoms with van der Waals surface area (Å²) in [6.07, 6.45) is 3.12. The summed E-state index contributed by atoms with van der Waals surface area (Å²) in [5.41, 5.74) is 1.07. The molecule has 0 saturated carbocycles. The zero-order valence-corrected chi connectivity index (χ0v) is 11.4. The zero-order valence-electron chi connectivity index (χ0n) is 10.6. The summed E-state index contributed by atoms with van der Waals surface area (Å²) in [6.45, 7) is 5.76. The van der Waals surface area contributed by atoms with E-state index in [9.17, 15) is 4.79 Å². The van der Waals surface area contributed by atoms with E-state index in [1.807, 2.05) is 6.92 Å². The number of carboxylic acid groups (broad SMARTS) is 1. The van der Waals surface area contributed by atoms with Crippen LogP contribution in [0.1, 0.15) is 19.0 Å². The Bertz CT molecular complexity index is 433.